The zero-order valence-electron chi connectivity index (χ0n) is 12.7. The molecule has 2 rings (SSSR count). The van der Waals surface area contributed by atoms with Crippen LogP contribution in [0.3, 0.4) is 0 Å². The van der Waals surface area contributed by atoms with Gasteiger partial charge in [-0.25, -0.2) is 5.43 Å². The number of nitro benzene ring substituents is 1. The van der Waals surface area contributed by atoms with Crippen LogP contribution in [0.15, 0.2) is 44.4 Å². The van der Waals surface area contributed by atoms with Crippen molar-refractivity contribution in [2.45, 2.75) is 0 Å². The van der Waals surface area contributed by atoms with Gasteiger partial charge >= 0.3 is 0 Å². The Morgan fingerprint density at radius 1 is 1.32 bits per heavy atom. The molecule has 0 heterocycles. The number of phenolic OH excluding ortho intramolecular Hbond substituents is 1. The van der Waals surface area contributed by atoms with Gasteiger partial charge < -0.3 is 9.84 Å². The molecule has 2 aromatic rings. The lowest BCUT2D eigenvalue weighted by Crippen LogP contribution is -2.18. The van der Waals surface area contributed by atoms with Crippen LogP contribution in [0.5, 0.6) is 11.5 Å². The number of rotatable bonds is 5. The average molecular weight is 473 g/mol. The van der Waals surface area contributed by atoms with Crippen LogP contribution in [0, 0.1) is 10.1 Å². The monoisotopic (exact) mass is 471 g/mol. The zero-order chi connectivity index (χ0) is 18.6. The summed E-state index contributed by atoms with van der Waals surface area (Å²) < 4.78 is 5.94. The van der Waals surface area contributed by atoms with Crippen molar-refractivity contribution in [2.75, 3.05) is 7.11 Å². The maximum Gasteiger partial charge on any atom is 0.275 e. The number of nitrogens with zero attached hydrogens (tertiary/aromatic N) is 2. The summed E-state index contributed by atoms with van der Waals surface area (Å²) in [6, 6.07) is 6.89. The van der Waals surface area contributed by atoms with E-state index >= 15 is 0 Å². The molecule has 0 radical (unpaired) electrons. The van der Waals surface area contributed by atoms with E-state index in [4.69, 9.17) is 4.74 Å². The Bertz CT molecular complexity index is 847. The molecular weight excluding hydrogens is 462 g/mol. The van der Waals surface area contributed by atoms with Gasteiger partial charge in [0.25, 0.3) is 11.6 Å². The second-order valence-corrected chi connectivity index (χ2v) is 6.38. The third kappa shape index (κ3) is 4.54. The minimum atomic E-state index is -0.659. The first kappa shape index (κ1) is 18.9. The number of hydrogen-bond donors (Lipinski definition) is 2. The molecule has 0 aliphatic carbocycles. The Hall–Kier alpha value is -2.46. The molecule has 1 amide bonds. The lowest BCUT2D eigenvalue weighted by Gasteiger charge is -2.06. The standard InChI is InChI=1S/C15H11Br2N3O5/c1-25-13-3-2-9(20(23)24)6-10(13)15(22)19-18-7-8-4-11(16)14(21)12(17)5-8/h2-7,21H,1H3,(H,19,22)/b18-7-. The Morgan fingerprint density at radius 2 is 1.96 bits per heavy atom. The highest BCUT2D eigenvalue weighted by molar-refractivity contribution is 9.11. The average Bonchev–Trinajstić information content (AvgIpc) is 2.58. The Morgan fingerprint density at radius 3 is 2.52 bits per heavy atom. The van der Waals surface area contributed by atoms with Crippen molar-refractivity contribution < 1.29 is 19.6 Å². The molecule has 0 fully saturated rings. The summed E-state index contributed by atoms with van der Waals surface area (Å²) in [5.74, 6) is -0.426. The highest BCUT2D eigenvalue weighted by atomic mass is 79.9. The lowest BCUT2D eigenvalue weighted by atomic mass is 10.1. The van der Waals surface area contributed by atoms with Crippen LogP contribution in [0.25, 0.3) is 0 Å². The fourth-order valence-corrected chi connectivity index (χ4v) is 3.09. The van der Waals surface area contributed by atoms with Crippen LogP contribution in [-0.2, 0) is 0 Å². The SMILES string of the molecule is COc1ccc([N+](=O)[O-])cc1C(=O)N/N=C\c1cc(Br)c(O)c(Br)c1. The third-order valence-corrected chi connectivity index (χ3v) is 4.27. The topological polar surface area (TPSA) is 114 Å². The summed E-state index contributed by atoms with van der Waals surface area (Å²) in [7, 11) is 1.35. The van der Waals surface area contributed by atoms with E-state index in [-0.39, 0.29) is 22.7 Å². The second-order valence-electron chi connectivity index (χ2n) is 4.67. The number of amides is 1. The van der Waals surface area contributed by atoms with Gasteiger partial charge in [-0.3, -0.25) is 14.9 Å². The number of benzene rings is 2. The highest BCUT2D eigenvalue weighted by Crippen LogP contribution is 2.32. The van der Waals surface area contributed by atoms with E-state index in [0.717, 1.165) is 6.07 Å². The number of ether oxygens (including phenoxy) is 1. The van der Waals surface area contributed by atoms with Crippen molar-refractivity contribution >= 4 is 49.7 Å². The van der Waals surface area contributed by atoms with Gasteiger partial charge in [0, 0.05) is 12.1 Å². The van der Waals surface area contributed by atoms with Gasteiger partial charge in [0.1, 0.15) is 11.5 Å². The maximum absolute atomic E-state index is 12.2. The molecule has 0 aliphatic rings. The Balaban J connectivity index is 2.20. The van der Waals surface area contributed by atoms with Crippen molar-refractivity contribution in [2.24, 2.45) is 5.10 Å². The van der Waals surface area contributed by atoms with Gasteiger partial charge in [-0.05, 0) is 55.6 Å². The van der Waals surface area contributed by atoms with E-state index in [9.17, 15) is 20.0 Å². The van der Waals surface area contributed by atoms with Crippen LogP contribution >= 0.6 is 31.9 Å². The van der Waals surface area contributed by atoms with Gasteiger partial charge in [0.05, 0.1) is 32.8 Å². The van der Waals surface area contributed by atoms with Gasteiger partial charge in [-0.15, -0.1) is 0 Å². The summed E-state index contributed by atoms with van der Waals surface area (Å²) >= 11 is 6.37. The number of halogens is 2. The molecule has 0 unspecified atom stereocenters. The Kier molecular flexibility index (Phi) is 6.10. The molecule has 2 aromatic carbocycles. The van der Waals surface area contributed by atoms with E-state index in [2.05, 4.69) is 42.4 Å². The fourth-order valence-electron chi connectivity index (χ4n) is 1.87. The number of methoxy groups -OCH3 is 1. The molecule has 2 N–H and O–H groups in total. The van der Waals surface area contributed by atoms with Crippen molar-refractivity contribution in [1.29, 1.82) is 0 Å². The molecule has 0 saturated carbocycles. The molecule has 0 saturated heterocycles. The zero-order valence-corrected chi connectivity index (χ0v) is 15.9. The van der Waals surface area contributed by atoms with Crippen molar-refractivity contribution in [3.05, 3.63) is 60.5 Å². The van der Waals surface area contributed by atoms with Crippen molar-refractivity contribution in [3.8, 4) is 11.5 Å². The molecule has 10 heteroatoms. The maximum atomic E-state index is 12.2. The van der Waals surface area contributed by atoms with Crippen LogP contribution in [0.1, 0.15) is 15.9 Å². The molecule has 0 bridgehead atoms. The van der Waals surface area contributed by atoms with Gasteiger partial charge in [-0.2, -0.15) is 5.10 Å². The molecule has 0 aliphatic heterocycles. The molecule has 0 aromatic heterocycles. The first-order chi connectivity index (χ1) is 11.8. The number of hydrazone groups is 1. The van der Waals surface area contributed by atoms with E-state index in [1.807, 2.05) is 0 Å². The number of aromatic hydroxyl groups is 1. The molecular formula is C15H11Br2N3O5. The molecule has 25 heavy (non-hydrogen) atoms. The minimum absolute atomic E-state index is 0.0121. The quantitative estimate of drug-likeness (QED) is 0.392. The van der Waals surface area contributed by atoms with Crippen molar-refractivity contribution in [3.63, 3.8) is 0 Å². The lowest BCUT2D eigenvalue weighted by molar-refractivity contribution is -0.384. The van der Waals surface area contributed by atoms with Crippen molar-refractivity contribution in [1.82, 2.24) is 5.43 Å². The number of hydrogen-bond acceptors (Lipinski definition) is 6. The Labute approximate surface area is 158 Å². The van der Waals surface area contributed by atoms with E-state index < -0.39 is 10.8 Å². The van der Waals surface area contributed by atoms with Gasteiger partial charge in [-0.1, -0.05) is 0 Å². The molecule has 0 atom stereocenters. The minimum Gasteiger partial charge on any atom is -0.506 e. The number of carbonyl (C=O) groups excluding carboxylic acids is 1. The van der Waals surface area contributed by atoms with Crippen LogP contribution in [0.2, 0.25) is 0 Å². The summed E-state index contributed by atoms with van der Waals surface area (Å²) in [4.78, 5) is 22.4. The largest absolute Gasteiger partial charge is 0.506 e. The first-order valence-electron chi connectivity index (χ1n) is 6.67. The van der Waals surface area contributed by atoms with E-state index in [0.29, 0.717) is 14.5 Å². The van der Waals surface area contributed by atoms with E-state index in [1.54, 1.807) is 12.1 Å². The predicted octanol–water partition coefficient (Wildman–Crippen LogP) is 3.60. The molecule has 8 nitrogen and oxygen atoms in total. The predicted molar refractivity (Wildman–Crippen MR) is 98.2 cm³/mol. The smallest absolute Gasteiger partial charge is 0.275 e. The summed E-state index contributed by atoms with van der Waals surface area (Å²) in [5.41, 5.74) is 2.63. The number of non-ortho nitro benzene ring substituents is 1. The van der Waals surface area contributed by atoms with Crippen LogP contribution in [-0.4, -0.2) is 29.3 Å². The third-order valence-electron chi connectivity index (χ3n) is 3.06. The summed E-state index contributed by atoms with van der Waals surface area (Å²) in [5, 5.41) is 24.3. The number of carbonyl (C=O) groups is 1. The van der Waals surface area contributed by atoms with Gasteiger partial charge in [0.15, 0.2) is 0 Å². The highest BCUT2D eigenvalue weighted by Gasteiger charge is 2.17. The number of nitro groups is 1. The summed E-state index contributed by atoms with van der Waals surface area (Å²) in [6.45, 7) is 0. The summed E-state index contributed by atoms with van der Waals surface area (Å²) in [6.07, 6.45) is 1.36. The number of nitrogens with one attached hydrogen (secondary N) is 1. The van der Waals surface area contributed by atoms with Crippen LogP contribution < -0.4 is 10.2 Å². The van der Waals surface area contributed by atoms with Gasteiger partial charge in [0.2, 0.25) is 0 Å². The number of phenols is 1. The second kappa shape index (κ2) is 8.08. The van der Waals surface area contributed by atoms with E-state index in [1.165, 1.54) is 25.5 Å². The first-order valence-corrected chi connectivity index (χ1v) is 8.26. The molecule has 0 spiro atoms. The van der Waals surface area contributed by atoms with Crippen LogP contribution in [0.4, 0.5) is 5.69 Å². The molecule has 130 valence electrons. The normalized spacial score (nSPS) is 10.7. The fraction of sp³-hybridized carbons (Fsp3) is 0.0667.